The van der Waals surface area contributed by atoms with E-state index in [-0.39, 0.29) is 5.41 Å². The molecule has 4 heteroatoms. The SMILES string of the molecule is CC(C)(CCN)CCc1nc2cccc(Cl)c2n1C1CC1. The number of nitrogens with two attached hydrogens (primary N) is 1. The number of halogens is 1. The average Bonchev–Trinajstić information content (AvgIpc) is 3.18. The van der Waals surface area contributed by atoms with Crippen molar-refractivity contribution in [3.8, 4) is 0 Å². The highest BCUT2D eigenvalue weighted by Crippen LogP contribution is 2.41. The third kappa shape index (κ3) is 3.09. The Labute approximate surface area is 131 Å². The molecule has 0 bridgehead atoms. The van der Waals surface area contributed by atoms with Gasteiger partial charge in [0.05, 0.1) is 16.1 Å². The van der Waals surface area contributed by atoms with Crippen LogP contribution in [0.2, 0.25) is 5.02 Å². The van der Waals surface area contributed by atoms with Gasteiger partial charge in [-0.15, -0.1) is 0 Å². The van der Waals surface area contributed by atoms with Crippen LogP contribution in [-0.2, 0) is 6.42 Å². The number of nitrogens with zero attached hydrogens (tertiary/aromatic N) is 2. The normalized spacial score (nSPS) is 15.8. The van der Waals surface area contributed by atoms with Crippen molar-refractivity contribution >= 4 is 22.6 Å². The molecule has 0 spiro atoms. The van der Waals surface area contributed by atoms with Crippen LogP contribution in [0, 0.1) is 5.41 Å². The van der Waals surface area contributed by atoms with Gasteiger partial charge in [-0.05, 0) is 49.8 Å². The van der Waals surface area contributed by atoms with Gasteiger partial charge < -0.3 is 10.3 Å². The highest BCUT2D eigenvalue weighted by Gasteiger charge is 2.29. The molecule has 21 heavy (non-hydrogen) atoms. The maximum atomic E-state index is 6.41. The summed E-state index contributed by atoms with van der Waals surface area (Å²) >= 11 is 6.41. The Bertz CT molecular complexity index is 641. The van der Waals surface area contributed by atoms with Crippen LogP contribution in [0.25, 0.3) is 11.0 Å². The lowest BCUT2D eigenvalue weighted by molar-refractivity contribution is 0.309. The van der Waals surface area contributed by atoms with Gasteiger partial charge in [0, 0.05) is 12.5 Å². The summed E-state index contributed by atoms with van der Waals surface area (Å²) in [4.78, 5) is 4.85. The molecule has 0 saturated heterocycles. The van der Waals surface area contributed by atoms with Crippen molar-refractivity contribution in [2.24, 2.45) is 11.1 Å². The van der Waals surface area contributed by atoms with Crippen molar-refractivity contribution < 1.29 is 0 Å². The van der Waals surface area contributed by atoms with Crippen LogP contribution < -0.4 is 5.73 Å². The average molecular weight is 306 g/mol. The van der Waals surface area contributed by atoms with Crippen LogP contribution in [0.3, 0.4) is 0 Å². The Morgan fingerprint density at radius 2 is 2.10 bits per heavy atom. The van der Waals surface area contributed by atoms with Crippen LogP contribution in [0.4, 0.5) is 0 Å². The standard InChI is InChI=1S/C17H24ClN3/c1-17(2,10-11-19)9-8-15-20-14-5-3-4-13(18)16(14)21(15)12-6-7-12/h3-5,12H,6-11,19H2,1-2H3. The molecule has 3 nitrogen and oxygen atoms in total. The van der Waals surface area contributed by atoms with Gasteiger partial charge in [0.15, 0.2) is 0 Å². The number of benzene rings is 1. The first kappa shape index (κ1) is 14.9. The fourth-order valence-electron chi connectivity index (χ4n) is 3.02. The summed E-state index contributed by atoms with van der Waals surface area (Å²) < 4.78 is 2.39. The molecule has 1 fully saturated rings. The lowest BCUT2D eigenvalue weighted by atomic mass is 9.84. The highest BCUT2D eigenvalue weighted by atomic mass is 35.5. The zero-order valence-corrected chi connectivity index (χ0v) is 13.7. The zero-order valence-electron chi connectivity index (χ0n) is 12.9. The summed E-state index contributed by atoms with van der Waals surface area (Å²) in [7, 11) is 0. The van der Waals surface area contributed by atoms with Gasteiger partial charge in [-0.25, -0.2) is 4.98 Å². The van der Waals surface area contributed by atoms with Gasteiger partial charge in [0.2, 0.25) is 0 Å². The first-order valence-electron chi connectivity index (χ1n) is 7.87. The molecule has 1 aromatic heterocycles. The van der Waals surface area contributed by atoms with E-state index in [0.717, 1.165) is 41.9 Å². The van der Waals surface area contributed by atoms with E-state index < -0.39 is 0 Å². The van der Waals surface area contributed by atoms with E-state index in [9.17, 15) is 0 Å². The summed E-state index contributed by atoms with van der Waals surface area (Å²) in [5.41, 5.74) is 8.13. The molecule has 1 aliphatic rings. The Morgan fingerprint density at radius 1 is 1.33 bits per heavy atom. The molecule has 0 amide bonds. The number of hydrogen-bond donors (Lipinski definition) is 1. The minimum Gasteiger partial charge on any atom is -0.330 e. The highest BCUT2D eigenvalue weighted by molar-refractivity contribution is 6.35. The van der Waals surface area contributed by atoms with Crippen LogP contribution in [0.5, 0.6) is 0 Å². The molecule has 1 saturated carbocycles. The monoisotopic (exact) mass is 305 g/mol. The van der Waals surface area contributed by atoms with Gasteiger partial charge >= 0.3 is 0 Å². The lowest BCUT2D eigenvalue weighted by Gasteiger charge is -2.23. The third-order valence-electron chi connectivity index (χ3n) is 4.49. The number of hydrogen-bond acceptors (Lipinski definition) is 2. The van der Waals surface area contributed by atoms with E-state index in [1.807, 2.05) is 12.1 Å². The summed E-state index contributed by atoms with van der Waals surface area (Å²) in [6, 6.07) is 6.61. The molecular weight excluding hydrogens is 282 g/mol. The summed E-state index contributed by atoms with van der Waals surface area (Å²) in [6.45, 7) is 5.33. The Hall–Kier alpha value is -1.06. The summed E-state index contributed by atoms with van der Waals surface area (Å²) in [5, 5.41) is 0.819. The molecule has 2 N–H and O–H groups in total. The molecule has 2 aromatic rings. The maximum absolute atomic E-state index is 6.41. The first-order valence-corrected chi connectivity index (χ1v) is 8.25. The van der Waals surface area contributed by atoms with Crippen LogP contribution in [0.15, 0.2) is 18.2 Å². The van der Waals surface area contributed by atoms with Crippen molar-refractivity contribution in [2.75, 3.05) is 6.54 Å². The van der Waals surface area contributed by atoms with Gasteiger partial charge in [0.25, 0.3) is 0 Å². The second kappa shape index (κ2) is 5.62. The summed E-state index contributed by atoms with van der Waals surface area (Å²) in [5.74, 6) is 1.19. The molecular formula is C17H24ClN3. The summed E-state index contributed by atoms with van der Waals surface area (Å²) in [6.07, 6.45) is 5.65. The van der Waals surface area contributed by atoms with Gasteiger partial charge in [-0.1, -0.05) is 31.5 Å². The predicted molar refractivity (Wildman–Crippen MR) is 88.8 cm³/mol. The van der Waals surface area contributed by atoms with Gasteiger partial charge in [-0.2, -0.15) is 0 Å². The van der Waals surface area contributed by atoms with E-state index in [2.05, 4.69) is 24.5 Å². The minimum atomic E-state index is 0.269. The van der Waals surface area contributed by atoms with Crippen LogP contribution >= 0.6 is 11.6 Å². The molecule has 0 atom stereocenters. The van der Waals surface area contributed by atoms with E-state index in [4.69, 9.17) is 22.3 Å². The maximum Gasteiger partial charge on any atom is 0.110 e. The van der Waals surface area contributed by atoms with E-state index in [1.54, 1.807) is 0 Å². The largest absolute Gasteiger partial charge is 0.330 e. The topological polar surface area (TPSA) is 43.8 Å². The molecule has 1 aromatic carbocycles. The van der Waals surface area contributed by atoms with Crippen molar-refractivity contribution in [2.45, 2.75) is 52.0 Å². The van der Waals surface area contributed by atoms with Gasteiger partial charge in [0.1, 0.15) is 5.82 Å². The molecule has 0 radical (unpaired) electrons. The number of fused-ring (bicyclic) bond motifs is 1. The smallest absolute Gasteiger partial charge is 0.110 e. The number of aryl methyl sites for hydroxylation is 1. The molecule has 0 aliphatic heterocycles. The van der Waals surface area contributed by atoms with Crippen molar-refractivity contribution in [3.63, 3.8) is 0 Å². The first-order chi connectivity index (χ1) is 10.0. The minimum absolute atomic E-state index is 0.269. The van der Waals surface area contributed by atoms with Crippen molar-refractivity contribution in [1.82, 2.24) is 9.55 Å². The van der Waals surface area contributed by atoms with Crippen LogP contribution in [-0.4, -0.2) is 16.1 Å². The second-order valence-corrected chi connectivity index (χ2v) is 7.35. The lowest BCUT2D eigenvalue weighted by Crippen LogP contribution is -2.18. The van der Waals surface area contributed by atoms with E-state index in [1.165, 1.54) is 18.7 Å². The quantitative estimate of drug-likeness (QED) is 0.863. The molecule has 0 unspecified atom stereocenters. The molecule has 114 valence electrons. The van der Waals surface area contributed by atoms with Gasteiger partial charge in [-0.3, -0.25) is 0 Å². The fraction of sp³-hybridized carbons (Fsp3) is 0.588. The Balaban J connectivity index is 1.91. The molecule has 1 heterocycles. The Morgan fingerprint density at radius 3 is 2.76 bits per heavy atom. The number of aromatic nitrogens is 2. The van der Waals surface area contributed by atoms with E-state index in [0.29, 0.717) is 6.04 Å². The number of rotatable bonds is 6. The zero-order chi connectivity index (χ0) is 15.0. The molecule has 1 aliphatic carbocycles. The second-order valence-electron chi connectivity index (χ2n) is 6.94. The number of imidazole rings is 1. The van der Waals surface area contributed by atoms with E-state index >= 15 is 0 Å². The van der Waals surface area contributed by atoms with Crippen molar-refractivity contribution in [1.29, 1.82) is 0 Å². The molecule has 3 rings (SSSR count). The van der Waals surface area contributed by atoms with Crippen LogP contribution in [0.1, 0.15) is 51.4 Å². The predicted octanol–water partition coefficient (Wildman–Crippen LogP) is 4.33. The third-order valence-corrected chi connectivity index (χ3v) is 4.80. The fourth-order valence-corrected chi connectivity index (χ4v) is 3.28. The number of para-hydroxylation sites is 1. The Kier molecular flexibility index (Phi) is 3.98. The van der Waals surface area contributed by atoms with Crippen molar-refractivity contribution in [3.05, 3.63) is 29.0 Å².